The molecule has 2 heterocycles. The fraction of sp³-hybridized carbons (Fsp3) is 0.421. The molecule has 1 saturated heterocycles. The molecule has 30 heavy (non-hydrogen) atoms. The Morgan fingerprint density at radius 2 is 2.03 bits per heavy atom. The van der Waals surface area contributed by atoms with Gasteiger partial charge < -0.3 is 21.7 Å². The molecule has 0 aliphatic carbocycles. The number of nitrogens with zero attached hydrogens (tertiary/aromatic N) is 1. The molecular weight excluding hydrogens is 408 g/mol. The number of hydrogen-bond donors (Lipinski definition) is 5. The van der Waals surface area contributed by atoms with Gasteiger partial charge in [-0.15, -0.1) is 0 Å². The van der Waals surface area contributed by atoms with Gasteiger partial charge in [-0.2, -0.15) is 4.98 Å². The zero-order valence-electron chi connectivity index (χ0n) is 16.9. The molecule has 162 valence electrons. The highest BCUT2D eigenvalue weighted by Crippen LogP contribution is 2.28. The van der Waals surface area contributed by atoms with E-state index in [1.807, 2.05) is 0 Å². The molecule has 1 atom stereocenters. The van der Waals surface area contributed by atoms with Gasteiger partial charge in [0.05, 0.1) is 15.8 Å². The van der Waals surface area contributed by atoms with Crippen LogP contribution < -0.4 is 27.2 Å². The van der Waals surface area contributed by atoms with Crippen LogP contribution in [-0.2, 0) is 9.84 Å². The molecule has 1 aliphatic rings. The van der Waals surface area contributed by atoms with E-state index in [1.54, 1.807) is 32.0 Å². The number of benzene rings is 1. The first-order valence-corrected chi connectivity index (χ1v) is 11.3. The van der Waals surface area contributed by atoms with Gasteiger partial charge >= 0.3 is 0 Å². The Balaban J connectivity index is 2.03. The fourth-order valence-electron chi connectivity index (χ4n) is 3.23. The molecule has 3 rings (SSSR count). The van der Waals surface area contributed by atoms with Gasteiger partial charge in [-0.1, -0.05) is 12.1 Å². The number of hydrogen-bond acceptors (Lipinski definition) is 8. The third kappa shape index (κ3) is 4.62. The van der Waals surface area contributed by atoms with Crippen LogP contribution in [0.5, 0.6) is 0 Å². The third-order valence-electron chi connectivity index (χ3n) is 4.87. The molecule has 1 amide bonds. The summed E-state index contributed by atoms with van der Waals surface area (Å²) < 4.78 is 25.4. The number of para-hydroxylation sites is 1. The maximum atomic E-state index is 12.7. The number of rotatable bonds is 7. The molecule has 11 heteroatoms. The van der Waals surface area contributed by atoms with Crippen LogP contribution in [0.25, 0.3) is 0 Å². The van der Waals surface area contributed by atoms with Crippen molar-refractivity contribution in [1.29, 1.82) is 0 Å². The molecule has 1 aliphatic heterocycles. The first kappa shape index (κ1) is 21.8. The van der Waals surface area contributed by atoms with Gasteiger partial charge in [0, 0.05) is 12.6 Å². The Morgan fingerprint density at radius 3 is 2.67 bits per heavy atom. The molecular formula is C19H26N6O4S. The van der Waals surface area contributed by atoms with Crippen LogP contribution >= 0.6 is 0 Å². The van der Waals surface area contributed by atoms with Crippen LogP contribution in [-0.4, -0.2) is 48.7 Å². The van der Waals surface area contributed by atoms with Gasteiger partial charge in [0.2, 0.25) is 5.95 Å². The van der Waals surface area contributed by atoms with E-state index >= 15 is 0 Å². The van der Waals surface area contributed by atoms with Crippen LogP contribution in [0.1, 0.15) is 37.0 Å². The van der Waals surface area contributed by atoms with Crippen molar-refractivity contribution in [3.05, 3.63) is 40.2 Å². The van der Waals surface area contributed by atoms with Crippen LogP contribution in [0.4, 0.5) is 17.5 Å². The Kier molecular flexibility index (Phi) is 6.42. The summed E-state index contributed by atoms with van der Waals surface area (Å²) in [6.45, 7) is 4.79. The van der Waals surface area contributed by atoms with Gasteiger partial charge in [0.25, 0.3) is 11.5 Å². The number of aromatic amines is 1. The summed E-state index contributed by atoms with van der Waals surface area (Å²) in [5.74, 6) is -0.907. The van der Waals surface area contributed by atoms with Crippen LogP contribution in [0.2, 0.25) is 0 Å². The molecule has 10 nitrogen and oxygen atoms in total. The minimum atomic E-state index is -3.62. The number of anilines is 3. The van der Waals surface area contributed by atoms with Crippen molar-refractivity contribution in [3.8, 4) is 0 Å². The van der Waals surface area contributed by atoms with Gasteiger partial charge in [-0.3, -0.25) is 14.6 Å². The Labute approximate surface area is 174 Å². The maximum absolute atomic E-state index is 12.7. The van der Waals surface area contributed by atoms with Crippen molar-refractivity contribution < 1.29 is 13.2 Å². The fourth-order valence-corrected chi connectivity index (χ4v) is 4.43. The summed E-state index contributed by atoms with van der Waals surface area (Å²) in [6.07, 6.45) is 1.87. The molecule has 6 N–H and O–H groups in total. The quantitative estimate of drug-likeness (QED) is 0.431. The zero-order valence-corrected chi connectivity index (χ0v) is 17.7. The summed E-state index contributed by atoms with van der Waals surface area (Å²) >= 11 is 0. The predicted octanol–water partition coefficient (Wildman–Crippen LogP) is 0.958. The van der Waals surface area contributed by atoms with Crippen LogP contribution in [0.3, 0.4) is 0 Å². The summed E-state index contributed by atoms with van der Waals surface area (Å²) in [6, 6.07) is 6.31. The van der Waals surface area contributed by atoms with Gasteiger partial charge in [0.1, 0.15) is 5.56 Å². The second-order valence-electron chi connectivity index (χ2n) is 7.40. The molecule has 0 bridgehead atoms. The minimum Gasteiger partial charge on any atom is -0.365 e. The van der Waals surface area contributed by atoms with E-state index in [0.717, 1.165) is 19.4 Å². The van der Waals surface area contributed by atoms with Crippen LogP contribution in [0, 0.1) is 0 Å². The first-order chi connectivity index (χ1) is 14.2. The van der Waals surface area contributed by atoms with E-state index in [9.17, 15) is 18.0 Å². The molecule has 2 aromatic rings. The Hall–Kier alpha value is -2.92. The number of carbonyl (C=O) groups is 1. The van der Waals surface area contributed by atoms with Gasteiger partial charge in [-0.25, -0.2) is 8.42 Å². The number of sulfone groups is 1. The first-order valence-electron chi connectivity index (χ1n) is 9.71. The monoisotopic (exact) mass is 434 g/mol. The molecule has 0 radical (unpaired) electrons. The number of nitrogens with two attached hydrogens (primary N) is 1. The van der Waals surface area contributed by atoms with Gasteiger partial charge in [0.15, 0.2) is 15.7 Å². The molecule has 1 unspecified atom stereocenters. The summed E-state index contributed by atoms with van der Waals surface area (Å²) in [7, 11) is -3.62. The standard InChI is InChI=1S/C19H26N6O4S/c1-11(2)30(28,29)14-8-4-3-7-13(14)23-17-15(16(20)26)18(27)25-19(24-17)22-12-6-5-9-21-10-12/h3-4,7-8,11-12,21H,5-6,9-10H2,1-2H3,(H2,20,26)(H3,22,23,24,25,27). The molecule has 1 aromatic heterocycles. The highest BCUT2D eigenvalue weighted by Gasteiger charge is 2.25. The topological polar surface area (TPSA) is 159 Å². The lowest BCUT2D eigenvalue weighted by molar-refractivity contribution is 0.0999. The van der Waals surface area contributed by atoms with E-state index in [4.69, 9.17) is 5.73 Å². The second kappa shape index (κ2) is 8.84. The number of aromatic nitrogens is 2. The summed E-state index contributed by atoms with van der Waals surface area (Å²) in [5.41, 5.74) is 4.51. The smallest absolute Gasteiger partial charge is 0.267 e. The number of primary amides is 1. The minimum absolute atomic E-state index is 0.0449. The Bertz CT molecular complexity index is 1090. The second-order valence-corrected chi connectivity index (χ2v) is 9.88. The highest BCUT2D eigenvalue weighted by molar-refractivity contribution is 7.92. The lowest BCUT2D eigenvalue weighted by Crippen LogP contribution is -2.39. The molecule has 0 saturated carbocycles. The van der Waals surface area contributed by atoms with Crippen molar-refractivity contribution in [2.75, 3.05) is 23.7 Å². The number of amides is 1. The number of carbonyl (C=O) groups excluding carboxylic acids is 1. The third-order valence-corrected chi connectivity index (χ3v) is 7.08. The van der Waals surface area contributed by atoms with Crippen LogP contribution in [0.15, 0.2) is 34.0 Å². The van der Waals surface area contributed by atoms with Gasteiger partial charge in [-0.05, 0) is 45.4 Å². The van der Waals surface area contributed by atoms with Crippen molar-refractivity contribution in [2.45, 2.75) is 42.9 Å². The summed E-state index contributed by atoms with van der Waals surface area (Å²) in [4.78, 5) is 31.3. The van der Waals surface area contributed by atoms with Crippen molar-refractivity contribution in [3.63, 3.8) is 0 Å². The number of H-pyrrole nitrogens is 1. The molecule has 1 fully saturated rings. The van der Waals surface area contributed by atoms with E-state index in [1.165, 1.54) is 6.07 Å². The van der Waals surface area contributed by atoms with Crippen molar-refractivity contribution in [2.24, 2.45) is 5.73 Å². The SMILES string of the molecule is CC(C)S(=O)(=O)c1ccccc1Nc1nc(NC2CCCNC2)[nH]c(=O)c1C(N)=O. The molecule has 1 aromatic carbocycles. The number of piperidine rings is 1. The predicted molar refractivity (Wildman–Crippen MR) is 115 cm³/mol. The lowest BCUT2D eigenvalue weighted by atomic mass is 10.1. The van der Waals surface area contributed by atoms with E-state index in [-0.39, 0.29) is 34.0 Å². The number of nitrogens with one attached hydrogen (secondary N) is 4. The van der Waals surface area contributed by atoms with E-state index in [2.05, 4.69) is 25.9 Å². The Morgan fingerprint density at radius 1 is 1.30 bits per heavy atom. The average Bonchev–Trinajstić information content (AvgIpc) is 2.68. The lowest BCUT2D eigenvalue weighted by Gasteiger charge is -2.24. The zero-order chi connectivity index (χ0) is 21.9. The average molecular weight is 435 g/mol. The summed E-state index contributed by atoms with van der Waals surface area (Å²) in [5, 5.41) is 8.57. The molecule has 0 spiro atoms. The highest BCUT2D eigenvalue weighted by atomic mass is 32.2. The largest absolute Gasteiger partial charge is 0.365 e. The van der Waals surface area contributed by atoms with E-state index < -0.39 is 26.6 Å². The van der Waals surface area contributed by atoms with Crippen molar-refractivity contribution >= 4 is 33.2 Å². The normalized spacial score (nSPS) is 17.0. The maximum Gasteiger partial charge on any atom is 0.267 e. The van der Waals surface area contributed by atoms with Crippen molar-refractivity contribution in [1.82, 2.24) is 15.3 Å². The van der Waals surface area contributed by atoms with E-state index in [0.29, 0.717) is 6.54 Å².